The Morgan fingerprint density at radius 1 is 1.44 bits per heavy atom. The van der Waals surface area contributed by atoms with Crippen LogP contribution in [0.3, 0.4) is 0 Å². The van der Waals surface area contributed by atoms with Crippen LogP contribution in [0.5, 0.6) is 0 Å². The number of thiophene rings is 1. The van der Waals surface area contributed by atoms with Crippen molar-refractivity contribution in [3.8, 4) is 6.07 Å². The van der Waals surface area contributed by atoms with E-state index in [4.69, 9.17) is 0 Å². The number of para-hydroxylation sites is 1. The second-order valence-electron chi connectivity index (χ2n) is 6.91. The van der Waals surface area contributed by atoms with Crippen molar-refractivity contribution >= 4 is 33.1 Å². The average molecular weight is 378 g/mol. The topological polar surface area (TPSA) is 87.8 Å². The van der Waals surface area contributed by atoms with Crippen molar-refractivity contribution in [2.45, 2.75) is 32.7 Å². The Morgan fingerprint density at radius 3 is 3.07 bits per heavy atom. The molecular weight excluding hydrogens is 360 g/mol. The molecule has 0 aliphatic heterocycles. The Labute approximate surface area is 160 Å². The largest absolute Gasteiger partial charge is 0.315 e. The molecule has 2 aromatic heterocycles. The van der Waals surface area contributed by atoms with E-state index in [0.29, 0.717) is 27.4 Å². The van der Waals surface area contributed by atoms with Gasteiger partial charge in [0.05, 0.1) is 22.8 Å². The SMILES string of the molecule is CC1CCc2c(sc(NC(=O)Cn3cnc4ccccc4c3=O)c2C#N)C1. The highest BCUT2D eigenvalue weighted by Crippen LogP contribution is 2.39. The maximum absolute atomic E-state index is 12.5. The molecule has 7 heteroatoms. The third-order valence-electron chi connectivity index (χ3n) is 4.92. The zero-order chi connectivity index (χ0) is 19.0. The summed E-state index contributed by atoms with van der Waals surface area (Å²) in [5, 5.41) is 13.4. The maximum atomic E-state index is 12.5. The Balaban J connectivity index is 1.58. The number of carbonyl (C=O) groups excluding carboxylic acids is 1. The van der Waals surface area contributed by atoms with Gasteiger partial charge in [0.25, 0.3) is 5.56 Å². The number of nitriles is 1. The van der Waals surface area contributed by atoms with Crippen molar-refractivity contribution in [3.63, 3.8) is 0 Å². The van der Waals surface area contributed by atoms with Gasteiger partial charge in [-0.2, -0.15) is 5.26 Å². The molecule has 1 aliphatic carbocycles. The fourth-order valence-corrected chi connectivity index (χ4v) is 4.87. The molecule has 0 fully saturated rings. The second kappa shape index (κ2) is 6.97. The maximum Gasteiger partial charge on any atom is 0.261 e. The third-order valence-corrected chi connectivity index (χ3v) is 6.09. The highest BCUT2D eigenvalue weighted by Gasteiger charge is 2.24. The van der Waals surface area contributed by atoms with Crippen molar-refractivity contribution in [1.82, 2.24) is 9.55 Å². The van der Waals surface area contributed by atoms with Gasteiger partial charge in [0, 0.05) is 4.88 Å². The van der Waals surface area contributed by atoms with E-state index in [-0.39, 0.29) is 18.0 Å². The van der Waals surface area contributed by atoms with E-state index in [1.165, 1.54) is 27.1 Å². The summed E-state index contributed by atoms with van der Waals surface area (Å²) in [5.74, 6) is 0.255. The van der Waals surface area contributed by atoms with Gasteiger partial charge < -0.3 is 5.32 Å². The summed E-state index contributed by atoms with van der Waals surface area (Å²) in [4.78, 5) is 30.5. The van der Waals surface area contributed by atoms with Crippen LogP contribution in [0, 0.1) is 17.2 Å². The van der Waals surface area contributed by atoms with E-state index in [0.717, 1.165) is 24.8 Å². The number of amides is 1. The van der Waals surface area contributed by atoms with Crippen LogP contribution in [-0.2, 0) is 24.2 Å². The lowest BCUT2D eigenvalue weighted by Crippen LogP contribution is -2.27. The number of nitrogens with one attached hydrogen (secondary N) is 1. The molecule has 0 radical (unpaired) electrons. The fourth-order valence-electron chi connectivity index (χ4n) is 3.50. The van der Waals surface area contributed by atoms with Crippen molar-refractivity contribution in [1.29, 1.82) is 5.26 Å². The molecule has 6 nitrogen and oxygen atoms in total. The highest BCUT2D eigenvalue weighted by atomic mass is 32.1. The van der Waals surface area contributed by atoms with Gasteiger partial charge >= 0.3 is 0 Å². The van der Waals surface area contributed by atoms with E-state index in [2.05, 4.69) is 23.3 Å². The number of nitrogens with zero attached hydrogens (tertiary/aromatic N) is 3. The van der Waals surface area contributed by atoms with Gasteiger partial charge in [0.15, 0.2) is 0 Å². The number of carbonyl (C=O) groups is 1. The number of hydrogen-bond acceptors (Lipinski definition) is 5. The molecule has 1 atom stereocenters. The predicted molar refractivity (Wildman–Crippen MR) is 105 cm³/mol. The molecule has 136 valence electrons. The molecule has 3 aromatic rings. The van der Waals surface area contributed by atoms with Crippen LogP contribution in [0.1, 0.15) is 29.3 Å². The molecule has 4 rings (SSSR count). The zero-order valence-corrected chi connectivity index (χ0v) is 15.7. The van der Waals surface area contributed by atoms with Gasteiger partial charge in [-0.1, -0.05) is 19.1 Å². The van der Waals surface area contributed by atoms with Crippen molar-refractivity contribution in [2.24, 2.45) is 5.92 Å². The first-order valence-corrected chi connectivity index (χ1v) is 9.67. The summed E-state index contributed by atoms with van der Waals surface area (Å²) < 4.78 is 1.29. The van der Waals surface area contributed by atoms with Crippen molar-refractivity contribution in [2.75, 3.05) is 5.32 Å². The van der Waals surface area contributed by atoms with Crippen LogP contribution in [-0.4, -0.2) is 15.5 Å². The van der Waals surface area contributed by atoms with E-state index in [1.54, 1.807) is 18.2 Å². The van der Waals surface area contributed by atoms with Crippen molar-refractivity contribution < 1.29 is 4.79 Å². The lowest BCUT2D eigenvalue weighted by atomic mass is 9.89. The van der Waals surface area contributed by atoms with Crippen LogP contribution in [0.2, 0.25) is 0 Å². The first-order chi connectivity index (χ1) is 13.1. The molecule has 0 spiro atoms. The zero-order valence-electron chi connectivity index (χ0n) is 14.9. The highest BCUT2D eigenvalue weighted by molar-refractivity contribution is 7.16. The number of hydrogen-bond donors (Lipinski definition) is 1. The second-order valence-corrected chi connectivity index (χ2v) is 8.02. The minimum absolute atomic E-state index is 0.138. The minimum Gasteiger partial charge on any atom is -0.315 e. The van der Waals surface area contributed by atoms with Crippen LogP contribution < -0.4 is 10.9 Å². The van der Waals surface area contributed by atoms with E-state index >= 15 is 0 Å². The Bertz CT molecular complexity index is 1140. The number of fused-ring (bicyclic) bond motifs is 2. The summed E-state index contributed by atoms with van der Waals surface area (Å²) >= 11 is 1.48. The first-order valence-electron chi connectivity index (χ1n) is 8.85. The molecule has 2 heterocycles. The molecule has 1 aliphatic rings. The first kappa shape index (κ1) is 17.4. The quantitative estimate of drug-likeness (QED) is 0.759. The fraction of sp³-hybridized carbons (Fsp3) is 0.300. The summed E-state index contributed by atoms with van der Waals surface area (Å²) in [6, 6.07) is 9.28. The Hall–Kier alpha value is -2.98. The van der Waals surface area contributed by atoms with E-state index < -0.39 is 0 Å². The molecule has 27 heavy (non-hydrogen) atoms. The monoisotopic (exact) mass is 378 g/mol. The normalized spacial score (nSPS) is 15.9. The molecule has 0 bridgehead atoms. The van der Waals surface area contributed by atoms with Crippen molar-refractivity contribution in [3.05, 3.63) is 57.0 Å². The van der Waals surface area contributed by atoms with Gasteiger partial charge in [0.2, 0.25) is 5.91 Å². The van der Waals surface area contributed by atoms with Gasteiger partial charge in [-0.25, -0.2) is 4.98 Å². The summed E-state index contributed by atoms with van der Waals surface area (Å²) in [7, 11) is 0. The minimum atomic E-state index is -0.336. The number of aromatic nitrogens is 2. The third kappa shape index (κ3) is 3.24. The average Bonchev–Trinajstić information content (AvgIpc) is 3.00. The smallest absolute Gasteiger partial charge is 0.261 e. The predicted octanol–water partition coefficient (Wildman–Crippen LogP) is 3.09. The van der Waals surface area contributed by atoms with Crippen LogP contribution in [0.25, 0.3) is 10.9 Å². The van der Waals surface area contributed by atoms with Gasteiger partial charge in [0.1, 0.15) is 17.6 Å². The van der Waals surface area contributed by atoms with E-state index in [9.17, 15) is 14.9 Å². The standard InChI is InChI=1S/C20H18N4O2S/c1-12-6-7-13-15(9-21)19(27-17(13)8-12)23-18(25)10-24-11-22-16-5-3-2-4-14(16)20(24)26/h2-5,11-12H,6-8,10H2,1H3,(H,23,25). The lowest BCUT2D eigenvalue weighted by Gasteiger charge is -2.17. The van der Waals surface area contributed by atoms with Gasteiger partial charge in [-0.05, 0) is 42.9 Å². The number of anilines is 1. The number of rotatable bonds is 3. The molecule has 1 unspecified atom stereocenters. The summed E-state index contributed by atoms with van der Waals surface area (Å²) in [6.45, 7) is 2.06. The lowest BCUT2D eigenvalue weighted by molar-refractivity contribution is -0.116. The summed E-state index contributed by atoms with van der Waals surface area (Å²) in [5.41, 5.74) is 1.99. The van der Waals surface area contributed by atoms with E-state index in [1.807, 2.05) is 6.07 Å². The van der Waals surface area contributed by atoms with Crippen LogP contribution >= 0.6 is 11.3 Å². The van der Waals surface area contributed by atoms with Crippen LogP contribution in [0.15, 0.2) is 35.4 Å². The molecule has 1 amide bonds. The molecular formula is C20H18N4O2S. The van der Waals surface area contributed by atoms with Gasteiger partial charge in [-0.3, -0.25) is 14.2 Å². The van der Waals surface area contributed by atoms with Gasteiger partial charge in [-0.15, -0.1) is 11.3 Å². The number of benzene rings is 1. The molecule has 0 saturated heterocycles. The summed E-state index contributed by atoms with van der Waals surface area (Å²) in [6.07, 6.45) is 4.26. The van der Waals surface area contributed by atoms with Crippen LogP contribution in [0.4, 0.5) is 5.00 Å². The Kier molecular flexibility index (Phi) is 4.50. The molecule has 1 N–H and O–H groups in total. The Morgan fingerprint density at radius 2 is 2.26 bits per heavy atom. The molecule has 1 aromatic carbocycles. The molecule has 0 saturated carbocycles.